The van der Waals surface area contributed by atoms with Crippen LogP contribution >= 0.6 is 11.8 Å². The number of fused-ring (bicyclic) bond motifs is 1. The molecular formula is C21H20O3S2. The van der Waals surface area contributed by atoms with Gasteiger partial charge in [-0.2, -0.15) is 0 Å². The Balaban J connectivity index is 2.10. The van der Waals surface area contributed by atoms with Gasteiger partial charge in [0, 0.05) is 26.8 Å². The van der Waals surface area contributed by atoms with Crippen molar-refractivity contribution in [2.45, 2.75) is 23.1 Å². The maximum absolute atomic E-state index is 11.6. The zero-order valence-electron chi connectivity index (χ0n) is 14.9. The molecule has 0 fully saturated rings. The van der Waals surface area contributed by atoms with E-state index in [4.69, 9.17) is 0 Å². The van der Waals surface area contributed by atoms with Crippen molar-refractivity contribution in [1.82, 2.24) is 0 Å². The maximum Gasteiger partial charge on any atom is 0.307 e. The highest BCUT2D eigenvalue weighted by Crippen LogP contribution is 2.44. The van der Waals surface area contributed by atoms with Gasteiger partial charge in [-0.15, -0.1) is 11.8 Å². The van der Waals surface area contributed by atoms with Crippen LogP contribution in [0.3, 0.4) is 0 Å². The number of allylic oxidation sites excluding steroid dienone is 2. The van der Waals surface area contributed by atoms with E-state index in [2.05, 4.69) is 24.3 Å². The summed E-state index contributed by atoms with van der Waals surface area (Å²) in [5, 5.41) is 9.31. The minimum atomic E-state index is -0.998. The Hall–Kier alpha value is -2.11. The standard InChI is InChI=1S/C21H20O3S2/c1-13-18(10-14-4-7-16(8-5-14)26(3)24)17-9-6-15(25-2)11-20(17)19(13)12-21(22)23/h4-11H,12H2,1-3H3,(H,22,23). The van der Waals surface area contributed by atoms with Gasteiger partial charge in [-0.3, -0.25) is 9.00 Å². The lowest BCUT2D eigenvalue weighted by Gasteiger charge is -2.07. The van der Waals surface area contributed by atoms with E-state index < -0.39 is 16.8 Å². The lowest BCUT2D eigenvalue weighted by atomic mass is 10.0. The molecule has 26 heavy (non-hydrogen) atoms. The quantitative estimate of drug-likeness (QED) is 0.741. The van der Waals surface area contributed by atoms with Crippen molar-refractivity contribution in [3.8, 4) is 0 Å². The van der Waals surface area contributed by atoms with Gasteiger partial charge in [0.05, 0.1) is 6.42 Å². The molecule has 1 atom stereocenters. The molecule has 1 aliphatic carbocycles. The van der Waals surface area contributed by atoms with Gasteiger partial charge >= 0.3 is 5.97 Å². The zero-order valence-corrected chi connectivity index (χ0v) is 16.5. The van der Waals surface area contributed by atoms with E-state index in [0.717, 1.165) is 43.2 Å². The number of carboxylic acids is 1. The van der Waals surface area contributed by atoms with Crippen LogP contribution in [0.2, 0.25) is 0 Å². The summed E-state index contributed by atoms with van der Waals surface area (Å²) in [5.41, 5.74) is 6.01. The highest BCUT2D eigenvalue weighted by molar-refractivity contribution is 7.98. The molecule has 0 aromatic heterocycles. The molecule has 0 saturated heterocycles. The minimum Gasteiger partial charge on any atom is -0.481 e. The third-order valence-corrected chi connectivity index (χ3v) is 6.21. The minimum absolute atomic E-state index is 0.0156. The summed E-state index contributed by atoms with van der Waals surface area (Å²) in [6.07, 6.45) is 5.76. The molecule has 0 heterocycles. The molecule has 1 aliphatic rings. The summed E-state index contributed by atoms with van der Waals surface area (Å²) in [6.45, 7) is 1.98. The molecule has 0 aliphatic heterocycles. The van der Waals surface area contributed by atoms with Crippen molar-refractivity contribution in [1.29, 1.82) is 0 Å². The first kappa shape index (κ1) is 18.7. The Labute approximate surface area is 160 Å². The van der Waals surface area contributed by atoms with Gasteiger partial charge in [0.25, 0.3) is 0 Å². The van der Waals surface area contributed by atoms with E-state index in [-0.39, 0.29) is 6.42 Å². The van der Waals surface area contributed by atoms with Crippen LogP contribution in [-0.4, -0.2) is 27.8 Å². The average Bonchev–Trinajstić information content (AvgIpc) is 2.87. The monoisotopic (exact) mass is 384 g/mol. The normalized spacial score (nSPS) is 16.0. The van der Waals surface area contributed by atoms with Crippen LogP contribution < -0.4 is 0 Å². The molecule has 0 saturated carbocycles. The highest BCUT2D eigenvalue weighted by atomic mass is 32.2. The average molecular weight is 385 g/mol. The number of hydrogen-bond acceptors (Lipinski definition) is 3. The van der Waals surface area contributed by atoms with Crippen molar-refractivity contribution in [3.63, 3.8) is 0 Å². The third kappa shape index (κ3) is 3.69. The molecule has 0 amide bonds. The van der Waals surface area contributed by atoms with Crippen LogP contribution in [0.1, 0.15) is 30.0 Å². The Morgan fingerprint density at radius 2 is 1.85 bits per heavy atom. The van der Waals surface area contributed by atoms with Crippen LogP contribution in [0.15, 0.2) is 57.8 Å². The summed E-state index contributed by atoms with van der Waals surface area (Å²) in [7, 11) is -0.998. The molecule has 3 nitrogen and oxygen atoms in total. The van der Waals surface area contributed by atoms with E-state index in [1.165, 1.54) is 0 Å². The largest absolute Gasteiger partial charge is 0.481 e. The third-order valence-electron chi connectivity index (χ3n) is 4.55. The Kier molecular flexibility index (Phi) is 5.49. The molecule has 2 aromatic carbocycles. The van der Waals surface area contributed by atoms with E-state index in [9.17, 15) is 14.1 Å². The van der Waals surface area contributed by atoms with Gasteiger partial charge < -0.3 is 5.11 Å². The van der Waals surface area contributed by atoms with E-state index >= 15 is 0 Å². The van der Waals surface area contributed by atoms with Crippen molar-refractivity contribution < 1.29 is 14.1 Å². The zero-order chi connectivity index (χ0) is 18.8. The SMILES string of the molecule is CSc1ccc2c(c1)C(CC(=O)O)=C(C)C2=Cc1ccc(S(C)=O)cc1. The number of thioether (sulfide) groups is 1. The van der Waals surface area contributed by atoms with Gasteiger partial charge in [-0.1, -0.05) is 18.2 Å². The summed E-state index contributed by atoms with van der Waals surface area (Å²) in [6, 6.07) is 13.8. The maximum atomic E-state index is 11.6. The first-order valence-electron chi connectivity index (χ1n) is 8.16. The molecule has 5 heteroatoms. The van der Waals surface area contributed by atoms with Gasteiger partial charge in [0.15, 0.2) is 0 Å². The highest BCUT2D eigenvalue weighted by Gasteiger charge is 2.25. The Bertz CT molecular complexity index is 954. The Morgan fingerprint density at radius 1 is 1.15 bits per heavy atom. The predicted molar refractivity (Wildman–Crippen MR) is 110 cm³/mol. The van der Waals surface area contributed by atoms with Crippen molar-refractivity contribution in [3.05, 3.63) is 64.7 Å². The van der Waals surface area contributed by atoms with Crippen LogP contribution in [0.5, 0.6) is 0 Å². The molecule has 1 N–H and O–H groups in total. The van der Waals surface area contributed by atoms with E-state index in [1.54, 1.807) is 18.0 Å². The fourth-order valence-electron chi connectivity index (χ4n) is 3.19. The topological polar surface area (TPSA) is 54.4 Å². The second-order valence-corrected chi connectivity index (χ2v) is 8.43. The van der Waals surface area contributed by atoms with Gasteiger partial charge in [-0.05, 0) is 76.9 Å². The van der Waals surface area contributed by atoms with Crippen LogP contribution in [0.4, 0.5) is 0 Å². The van der Waals surface area contributed by atoms with Crippen LogP contribution in [0, 0.1) is 0 Å². The smallest absolute Gasteiger partial charge is 0.307 e. The van der Waals surface area contributed by atoms with Crippen molar-refractivity contribution >= 4 is 45.8 Å². The number of rotatable bonds is 5. The molecule has 0 radical (unpaired) electrons. The first-order chi connectivity index (χ1) is 12.4. The lowest BCUT2D eigenvalue weighted by molar-refractivity contribution is -0.135. The summed E-state index contributed by atoms with van der Waals surface area (Å²) < 4.78 is 11.6. The molecular weight excluding hydrogens is 364 g/mol. The number of hydrogen-bond donors (Lipinski definition) is 1. The number of benzene rings is 2. The summed E-state index contributed by atoms with van der Waals surface area (Å²) in [4.78, 5) is 13.3. The fraction of sp³-hybridized carbons (Fsp3) is 0.190. The van der Waals surface area contributed by atoms with Crippen LogP contribution in [-0.2, 0) is 15.6 Å². The predicted octanol–water partition coefficient (Wildman–Crippen LogP) is 4.95. The molecule has 134 valence electrons. The number of aliphatic carboxylic acids is 1. The van der Waals surface area contributed by atoms with Gasteiger partial charge in [-0.25, -0.2) is 0 Å². The molecule has 0 spiro atoms. The van der Waals surface area contributed by atoms with Gasteiger partial charge in [0.1, 0.15) is 0 Å². The summed E-state index contributed by atoms with van der Waals surface area (Å²) in [5.74, 6) is -0.823. The van der Waals surface area contributed by atoms with E-state index in [0.29, 0.717) is 0 Å². The molecule has 2 aromatic rings. The molecule has 1 unspecified atom stereocenters. The first-order valence-corrected chi connectivity index (χ1v) is 10.9. The Morgan fingerprint density at radius 3 is 2.42 bits per heavy atom. The van der Waals surface area contributed by atoms with E-state index in [1.807, 2.05) is 37.4 Å². The summed E-state index contributed by atoms with van der Waals surface area (Å²) >= 11 is 1.65. The molecule has 3 rings (SSSR count). The molecule has 0 bridgehead atoms. The number of carboxylic acid groups (broad SMARTS) is 1. The number of carbonyl (C=O) groups is 1. The van der Waals surface area contributed by atoms with Gasteiger partial charge in [0.2, 0.25) is 0 Å². The van der Waals surface area contributed by atoms with Crippen LogP contribution in [0.25, 0.3) is 17.2 Å². The van der Waals surface area contributed by atoms with Crippen molar-refractivity contribution in [2.24, 2.45) is 0 Å². The second-order valence-electron chi connectivity index (χ2n) is 6.17. The van der Waals surface area contributed by atoms with Crippen molar-refractivity contribution in [2.75, 3.05) is 12.5 Å². The lowest BCUT2D eigenvalue weighted by Crippen LogP contribution is -1.97. The fourth-order valence-corrected chi connectivity index (χ4v) is 4.15. The second kappa shape index (κ2) is 7.64.